The van der Waals surface area contributed by atoms with Crippen LogP contribution in [-0.2, 0) is 15.9 Å². The third-order valence-corrected chi connectivity index (χ3v) is 6.27. The molecule has 0 aromatic heterocycles. The average molecular weight is 332 g/mol. The van der Waals surface area contributed by atoms with Crippen molar-refractivity contribution in [3.63, 3.8) is 0 Å². The van der Waals surface area contributed by atoms with Crippen LogP contribution >= 0.6 is 11.6 Å². The number of sulfonamides is 1. The van der Waals surface area contributed by atoms with Crippen LogP contribution in [0.15, 0.2) is 23.1 Å². The summed E-state index contributed by atoms with van der Waals surface area (Å²) in [5.41, 5.74) is 0.845. The van der Waals surface area contributed by atoms with Crippen LogP contribution in [0.4, 0.5) is 0 Å². The summed E-state index contributed by atoms with van der Waals surface area (Å²) in [6, 6.07) is 5.03. The first kappa shape index (κ1) is 16.6. The summed E-state index contributed by atoms with van der Waals surface area (Å²) in [4.78, 5) is 0.232. The van der Waals surface area contributed by atoms with Crippen LogP contribution in [-0.4, -0.2) is 32.9 Å². The molecule has 1 fully saturated rings. The first-order valence-corrected chi connectivity index (χ1v) is 9.23. The Morgan fingerprint density at radius 3 is 2.81 bits per heavy atom. The molecule has 0 N–H and O–H groups in total. The molecule has 1 heterocycles. The third kappa shape index (κ3) is 3.52. The molecule has 0 saturated carbocycles. The Labute approximate surface area is 132 Å². The lowest BCUT2D eigenvalue weighted by molar-refractivity contribution is 0.260. The molecule has 1 aliphatic heterocycles. The maximum atomic E-state index is 12.8. The smallest absolute Gasteiger partial charge is 0.246 e. The van der Waals surface area contributed by atoms with Crippen molar-refractivity contribution >= 4 is 21.6 Å². The molecule has 1 aliphatic rings. The van der Waals surface area contributed by atoms with E-state index in [1.165, 1.54) is 7.11 Å². The average Bonchev–Trinajstić information content (AvgIpc) is 2.54. The maximum absolute atomic E-state index is 12.8. The quantitative estimate of drug-likeness (QED) is 0.778. The molecule has 1 aromatic rings. The molecule has 0 amide bonds. The van der Waals surface area contributed by atoms with Crippen LogP contribution in [0.1, 0.15) is 31.7 Å². The molecule has 1 atom stereocenters. The van der Waals surface area contributed by atoms with Crippen LogP contribution in [0.2, 0.25) is 0 Å². The number of benzene rings is 1. The second-order valence-electron chi connectivity index (χ2n) is 5.40. The highest BCUT2D eigenvalue weighted by molar-refractivity contribution is 7.89. The van der Waals surface area contributed by atoms with Crippen molar-refractivity contribution in [2.24, 2.45) is 5.92 Å². The highest BCUT2D eigenvalue weighted by Gasteiger charge is 2.31. The van der Waals surface area contributed by atoms with E-state index < -0.39 is 10.0 Å². The lowest BCUT2D eigenvalue weighted by Gasteiger charge is -2.31. The summed E-state index contributed by atoms with van der Waals surface area (Å²) in [5.74, 6) is 1.14. The molecule has 1 saturated heterocycles. The molecule has 2 rings (SSSR count). The first-order chi connectivity index (χ1) is 10.0. The standard InChI is InChI=1S/C15H22ClNO3S/c1-3-12-5-4-8-17(11-12)21(18,19)15-7-6-13(10-16)9-14(15)20-2/h6-7,9,12H,3-5,8,10-11H2,1-2H3. The number of ether oxygens (including phenoxy) is 1. The summed E-state index contributed by atoms with van der Waals surface area (Å²) < 4.78 is 32.5. The minimum absolute atomic E-state index is 0.232. The Balaban J connectivity index is 2.35. The van der Waals surface area contributed by atoms with E-state index in [4.69, 9.17) is 16.3 Å². The molecule has 0 aliphatic carbocycles. The van der Waals surface area contributed by atoms with Gasteiger partial charge in [0.2, 0.25) is 10.0 Å². The highest BCUT2D eigenvalue weighted by atomic mass is 35.5. The number of hydrogen-bond acceptors (Lipinski definition) is 3. The normalized spacial score (nSPS) is 20.4. The Morgan fingerprint density at radius 1 is 1.43 bits per heavy atom. The van der Waals surface area contributed by atoms with E-state index >= 15 is 0 Å². The Hall–Kier alpha value is -0.780. The van der Waals surface area contributed by atoms with Crippen molar-refractivity contribution in [2.45, 2.75) is 37.0 Å². The monoisotopic (exact) mass is 331 g/mol. The lowest BCUT2D eigenvalue weighted by Crippen LogP contribution is -2.39. The molecule has 21 heavy (non-hydrogen) atoms. The van der Waals surface area contributed by atoms with Gasteiger partial charge in [-0.2, -0.15) is 4.31 Å². The number of piperidine rings is 1. The van der Waals surface area contributed by atoms with Gasteiger partial charge in [-0.05, 0) is 36.5 Å². The van der Waals surface area contributed by atoms with E-state index in [2.05, 4.69) is 6.92 Å². The van der Waals surface area contributed by atoms with Crippen LogP contribution in [0, 0.1) is 5.92 Å². The fourth-order valence-electron chi connectivity index (χ4n) is 2.73. The van der Waals surface area contributed by atoms with Gasteiger partial charge in [0.05, 0.1) is 7.11 Å². The van der Waals surface area contributed by atoms with E-state index in [0.717, 1.165) is 24.8 Å². The SMILES string of the molecule is CCC1CCCN(S(=O)(=O)c2ccc(CCl)cc2OC)C1. The number of hydrogen-bond donors (Lipinski definition) is 0. The molecular formula is C15H22ClNO3S. The van der Waals surface area contributed by atoms with Gasteiger partial charge in [0.15, 0.2) is 0 Å². The number of methoxy groups -OCH3 is 1. The van der Waals surface area contributed by atoms with Gasteiger partial charge in [-0.1, -0.05) is 19.4 Å². The minimum atomic E-state index is -3.51. The van der Waals surface area contributed by atoms with Crippen LogP contribution in [0.3, 0.4) is 0 Å². The summed E-state index contributed by atoms with van der Waals surface area (Å²) >= 11 is 5.79. The zero-order valence-electron chi connectivity index (χ0n) is 12.5. The van der Waals surface area contributed by atoms with Gasteiger partial charge >= 0.3 is 0 Å². The number of halogens is 1. The molecular weight excluding hydrogens is 310 g/mol. The predicted molar refractivity (Wildman–Crippen MR) is 84.3 cm³/mol. The summed E-state index contributed by atoms with van der Waals surface area (Å²) in [6.07, 6.45) is 3.03. The maximum Gasteiger partial charge on any atom is 0.246 e. The van der Waals surface area contributed by atoms with Crippen molar-refractivity contribution in [2.75, 3.05) is 20.2 Å². The van der Waals surface area contributed by atoms with Gasteiger partial charge in [-0.25, -0.2) is 8.42 Å². The van der Waals surface area contributed by atoms with Crippen LogP contribution in [0.25, 0.3) is 0 Å². The van der Waals surface area contributed by atoms with Gasteiger partial charge in [-0.3, -0.25) is 0 Å². The van der Waals surface area contributed by atoms with Crippen molar-refractivity contribution in [1.82, 2.24) is 4.31 Å². The van der Waals surface area contributed by atoms with Gasteiger partial charge in [0.1, 0.15) is 10.6 Å². The van der Waals surface area contributed by atoms with Crippen molar-refractivity contribution in [3.05, 3.63) is 23.8 Å². The van der Waals surface area contributed by atoms with E-state index in [-0.39, 0.29) is 4.90 Å². The Bertz CT molecular complexity index is 589. The molecule has 118 valence electrons. The van der Waals surface area contributed by atoms with Crippen LogP contribution < -0.4 is 4.74 Å². The molecule has 0 radical (unpaired) electrons. The van der Waals surface area contributed by atoms with Gasteiger partial charge in [-0.15, -0.1) is 11.6 Å². The van der Waals surface area contributed by atoms with E-state index in [1.807, 2.05) is 0 Å². The molecule has 4 nitrogen and oxygen atoms in total. The zero-order chi connectivity index (χ0) is 15.5. The lowest BCUT2D eigenvalue weighted by atomic mass is 9.97. The van der Waals surface area contributed by atoms with Crippen molar-refractivity contribution < 1.29 is 13.2 Å². The van der Waals surface area contributed by atoms with Crippen molar-refractivity contribution in [1.29, 1.82) is 0 Å². The van der Waals surface area contributed by atoms with Gasteiger partial charge in [0.25, 0.3) is 0 Å². The van der Waals surface area contributed by atoms with E-state index in [0.29, 0.717) is 30.6 Å². The number of rotatable bonds is 5. The molecule has 1 aromatic carbocycles. The molecule has 0 bridgehead atoms. The fourth-order valence-corrected chi connectivity index (χ4v) is 4.58. The summed E-state index contributed by atoms with van der Waals surface area (Å²) in [6.45, 7) is 3.29. The largest absolute Gasteiger partial charge is 0.495 e. The first-order valence-electron chi connectivity index (χ1n) is 7.26. The van der Waals surface area contributed by atoms with Gasteiger partial charge < -0.3 is 4.74 Å². The topological polar surface area (TPSA) is 46.6 Å². The Morgan fingerprint density at radius 2 is 2.19 bits per heavy atom. The number of alkyl halides is 1. The number of nitrogens with zero attached hydrogens (tertiary/aromatic N) is 1. The molecule has 0 spiro atoms. The Kier molecular flexibility index (Phi) is 5.52. The molecule has 6 heteroatoms. The minimum Gasteiger partial charge on any atom is -0.495 e. The van der Waals surface area contributed by atoms with Gasteiger partial charge in [0, 0.05) is 19.0 Å². The van der Waals surface area contributed by atoms with E-state index in [1.54, 1.807) is 22.5 Å². The second kappa shape index (κ2) is 6.99. The van der Waals surface area contributed by atoms with Crippen LogP contribution in [0.5, 0.6) is 5.75 Å². The van der Waals surface area contributed by atoms with Crippen molar-refractivity contribution in [3.8, 4) is 5.75 Å². The highest BCUT2D eigenvalue weighted by Crippen LogP contribution is 2.31. The third-order valence-electron chi connectivity index (χ3n) is 4.06. The summed E-state index contributed by atoms with van der Waals surface area (Å²) in [7, 11) is -2.02. The fraction of sp³-hybridized carbons (Fsp3) is 0.600. The zero-order valence-corrected chi connectivity index (χ0v) is 14.1. The molecule has 1 unspecified atom stereocenters. The summed E-state index contributed by atoms with van der Waals surface area (Å²) in [5, 5.41) is 0. The predicted octanol–water partition coefficient (Wildman–Crippen LogP) is 3.24. The van der Waals surface area contributed by atoms with E-state index in [9.17, 15) is 8.42 Å². The second-order valence-corrected chi connectivity index (χ2v) is 7.57.